The summed E-state index contributed by atoms with van der Waals surface area (Å²) in [5, 5.41) is 16.3. The van der Waals surface area contributed by atoms with Crippen molar-refractivity contribution < 1.29 is 14.6 Å². The fourth-order valence-corrected chi connectivity index (χ4v) is 3.49. The molecule has 0 atom stereocenters. The molecule has 8 nitrogen and oxygen atoms in total. The van der Waals surface area contributed by atoms with Crippen molar-refractivity contribution >= 4 is 45.7 Å². The lowest BCUT2D eigenvalue weighted by molar-refractivity contribution is 0.0697. The second-order valence-electron chi connectivity index (χ2n) is 7.74. The van der Waals surface area contributed by atoms with E-state index in [9.17, 15) is 4.79 Å². The van der Waals surface area contributed by atoms with Gasteiger partial charge in [-0.1, -0.05) is 18.2 Å². The number of hydrogen-bond acceptors (Lipinski definition) is 7. The van der Waals surface area contributed by atoms with Crippen LogP contribution in [-0.4, -0.2) is 21.0 Å². The Hall–Kier alpha value is -5.11. The second-order valence-corrected chi connectivity index (χ2v) is 7.74. The van der Waals surface area contributed by atoms with Crippen LogP contribution < -0.4 is 21.1 Å². The standard InChI is InChI=1S/C27H21N5O3/c28-18-8-15-24-23(16-18)25(29-19-9-6-17(7-10-19)26(33)34)32-27(31-24)30-20-11-13-22(14-12-20)35-21-4-2-1-3-5-21/h1-16H,28H2,(H,33,34)(H2,29,30,31,32). The monoisotopic (exact) mass is 463 g/mol. The Bertz CT molecular complexity index is 1490. The number of ether oxygens (including phenoxy) is 1. The fourth-order valence-electron chi connectivity index (χ4n) is 3.49. The largest absolute Gasteiger partial charge is 0.478 e. The molecule has 35 heavy (non-hydrogen) atoms. The van der Waals surface area contributed by atoms with Crippen LogP contribution in [0.3, 0.4) is 0 Å². The minimum absolute atomic E-state index is 0.203. The molecule has 5 rings (SSSR count). The van der Waals surface area contributed by atoms with Crippen molar-refractivity contribution in [2.75, 3.05) is 16.4 Å². The van der Waals surface area contributed by atoms with E-state index in [0.29, 0.717) is 34.4 Å². The second kappa shape index (κ2) is 9.40. The molecule has 5 N–H and O–H groups in total. The Labute approximate surface area is 201 Å². The number of carboxylic acids is 1. The number of rotatable bonds is 7. The van der Waals surface area contributed by atoms with Gasteiger partial charge in [-0.05, 0) is 78.9 Å². The lowest BCUT2D eigenvalue weighted by Crippen LogP contribution is -2.03. The first-order valence-corrected chi connectivity index (χ1v) is 10.8. The summed E-state index contributed by atoms with van der Waals surface area (Å²) in [6, 6.07) is 28.9. The number of nitrogen functional groups attached to an aromatic ring is 1. The topological polar surface area (TPSA) is 122 Å². The zero-order valence-electron chi connectivity index (χ0n) is 18.5. The number of anilines is 5. The Morgan fingerprint density at radius 1 is 0.771 bits per heavy atom. The first kappa shape index (κ1) is 21.7. The summed E-state index contributed by atoms with van der Waals surface area (Å²) < 4.78 is 5.84. The number of aromatic nitrogens is 2. The molecule has 172 valence electrons. The molecule has 0 unspecified atom stereocenters. The summed E-state index contributed by atoms with van der Waals surface area (Å²) in [7, 11) is 0. The highest BCUT2D eigenvalue weighted by atomic mass is 16.5. The third-order valence-electron chi connectivity index (χ3n) is 5.20. The lowest BCUT2D eigenvalue weighted by Gasteiger charge is -2.13. The molecule has 5 aromatic rings. The Morgan fingerprint density at radius 2 is 1.43 bits per heavy atom. The van der Waals surface area contributed by atoms with Crippen molar-refractivity contribution in [2.45, 2.75) is 0 Å². The van der Waals surface area contributed by atoms with Crippen LogP contribution in [0.1, 0.15) is 10.4 Å². The number of fused-ring (bicyclic) bond motifs is 1. The summed E-state index contributed by atoms with van der Waals surface area (Å²) in [5.74, 6) is 1.42. The molecule has 0 bridgehead atoms. The number of para-hydroxylation sites is 1. The highest BCUT2D eigenvalue weighted by Gasteiger charge is 2.10. The van der Waals surface area contributed by atoms with Crippen LogP contribution in [0.15, 0.2) is 97.1 Å². The summed E-state index contributed by atoms with van der Waals surface area (Å²) >= 11 is 0. The first-order chi connectivity index (χ1) is 17.0. The Morgan fingerprint density at radius 3 is 2.14 bits per heavy atom. The third kappa shape index (κ3) is 5.12. The molecule has 0 radical (unpaired) electrons. The van der Waals surface area contributed by atoms with E-state index in [1.807, 2.05) is 60.7 Å². The van der Waals surface area contributed by atoms with Gasteiger partial charge in [0.05, 0.1) is 11.1 Å². The molecule has 0 aliphatic heterocycles. The maximum Gasteiger partial charge on any atom is 0.335 e. The van der Waals surface area contributed by atoms with Crippen molar-refractivity contribution in [2.24, 2.45) is 0 Å². The average molecular weight is 463 g/mol. The van der Waals surface area contributed by atoms with Crippen LogP contribution in [0.2, 0.25) is 0 Å². The van der Waals surface area contributed by atoms with Gasteiger partial charge < -0.3 is 26.2 Å². The van der Waals surface area contributed by atoms with Gasteiger partial charge in [-0.15, -0.1) is 0 Å². The molecular weight excluding hydrogens is 442 g/mol. The van der Waals surface area contributed by atoms with Crippen LogP contribution in [0.5, 0.6) is 11.5 Å². The number of carboxylic acid groups (broad SMARTS) is 1. The van der Waals surface area contributed by atoms with Crippen molar-refractivity contribution in [3.63, 3.8) is 0 Å². The first-order valence-electron chi connectivity index (χ1n) is 10.8. The number of benzene rings is 4. The zero-order chi connectivity index (χ0) is 24.2. The molecule has 4 aromatic carbocycles. The van der Waals surface area contributed by atoms with Crippen LogP contribution in [0.4, 0.5) is 28.8 Å². The molecule has 0 fully saturated rings. The predicted octanol–water partition coefficient (Wildman–Crippen LogP) is 6.19. The maximum absolute atomic E-state index is 11.1. The number of aromatic carboxylic acids is 1. The van der Waals surface area contributed by atoms with Crippen LogP contribution in [0, 0.1) is 0 Å². The van der Waals surface area contributed by atoms with Gasteiger partial charge in [0.1, 0.15) is 17.3 Å². The van der Waals surface area contributed by atoms with Gasteiger partial charge in [-0.2, -0.15) is 4.98 Å². The number of carbonyl (C=O) groups is 1. The fraction of sp³-hybridized carbons (Fsp3) is 0. The highest BCUT2D eigenvalue weighted by molar-refractivity contribution is 5.94. The molecule has 0 amide bonds. The van der Waals surface area contributed by atoms with E-state index in [4.69, 9.17) is 15.6 Å². The summed E-state index contributed by atoms with van der Waals surface area (Å²) in [6.45, 7) is 0. The van der Waals surface area contributed by atoms with Crippen LogP contribution >= 0.6 is 0 Å². The number of nitrogens with two attached hydrogens (primary N) is 1. The van der Waals surface area contributed by atoms with Crippen molar-refractivity contribution in [3.8, 4) is 11.5 Å². The average Bonchev–Trinajstić information content (AvgIpc) is 2.87. The molecule has 0 aliphatic rings. The van der Waals surface area contributed by atoms with E-state index in [1.165, 1.54) is 12.1 Å². The molecule has 0 aliphatic carbocycles. The molecule has 0 spiro atoms. The van der Waals surface area contributed by atoms with Crippen molar-refractivity contribution in [1.82, 2.24) is 9.97 Å². The predicted molar refractivity (Wildman–Crippen MR) is 137 cm³/mol. The lowest BCUT2D eigenvalue weighted by atomic mass is 10.2. The van der Waals surface area contributed by atoms with Gasteiger partial charge in [0, 0.05) is 22.4 Å². The molecule has 1 heterocycles. The van der Waals surface area contributed by atoms with Gasteiger partial charge in [-0.25, -0.2) is 9.78 Å². The normalized spacial score (nSPS) is 10.6. The van der Waals surface area contributed by atoms with Gasteiger partial charge in [0.2, 0.25) is 5.95 Å². The minimum Gasteiger partial charge on any atom is -0.478 e. The van der Waals surface area contributed by atoms with E-state index in [0.717, 1.165) is 16.8 Å². The number of nitrogens with one attached hydrogen (secondary N) is 2. The minimum atomic E-state index is -0.983. The molecule has 8 heteroatoms. The summed E-state index contributed by atoms with van der Waals surface area (Å²) in [4.78, 5) is 20.4. The number of hydrogen-bond donors (Lipinski definition) is 4. The Kier molecular flexibility index (Phi) is 5.83. The number of nitrogens with zero attached hydrogens (tertiary/aromatic N) is 2. The zero-order valence-corrected chi connectivity index (χ0v) is 18.5. The molecule has 0 saturated heterocycles. The third-order valence-corrected chi connectivity index (χ3v) is 5.20. The highest BCUT2D eigenvalue weighted by Crippen LogP contribution is 2.29. The quantitative estimate of drug-likeness (QED) is 0.211. The van der Waals surface area contributed by atoms with Gasteiger partial charge in [0.15, 0.2) is 0 Å². The van der Waals surface area contributed by atoms with E-state index in [-0.39, 0.29) is 5.56 Å². The molecule has 1 aromatic heterocycles. The SMILES string of the molecule is Nc1ccc2nc(Nc3ccc(Oc4ccccc4)cc3)nc(Nc3ccc(C(=O)O)cc3)c2c1. The summed E-state index contributed by atoms with van der Waals surface area (Å²) in [5.41, 5.74) is 8.95. The molecular formula is C27H21N5O3. The van der Waals surface area contributed by atoms with E-state index in [2.05, 4.69) is 20.6 Å². The van der Waals surface area contributed by atoms with Crippen LogP contribution in [-0.2, 0) is 0 Å². The van der Waals surface area contributed by atoms with E-state index >= 15 is 0 Å². The molecule has 0 saturated carbocycles. The van der Waals surface area contributed by atoms with Gasteiger partial charge in [0.25, 0.3) is 0 Å². The smallest absolute Gasteiger partial charge is 0.335 e. The maximum atomic E-state index is 11.1. The van der Waals surface area contributed by atoms with Crippen molar-refractivity contribution in [1.29, 1.82) is 0 Å². The summed E-state index contributed by atoms with van der Waals surface area (Å²) in [6.07, 6.45) is 0. The van der Waals surface area contributed by atoms with E-state index < -0.39 is 5.97 Å². The van der Waals surface area contributed by atoms with Gasteiger partial charge in [-0.3, -0.25) is 0 Å². The van der Waals surface area contributed by atoms with Gasteiger partial charge >= 0.3 is 5.97 Å². The van der Waals surface area contributed by atoms with E-state index in [1.54, 1.807) is 24.3 Å². The van der Waals surface area contributed by atoms with Crippen molar-refractivity contribution in [3.05, 3.63) is 103 Å². The van der Waals surface area contributed by atoms with Crippen LogP contribution in [0.25, 0.3) is 10.9 Å². The Balaban J connectivity index is 1.41.